The van der Waals surface area contributed by atoms with Gasteiger partial charge in [-0.3, -0.25) is 4.68 Å². The molecule has 0 radical (unpaired) electrons. The van der Waals surface area contributed by atoms with E-state index in [-0.39, 0.29) is 0 Å². The van der Waals surface area contributed by atoms with Gasteiger partial charge in [-0.15, -0.1) is 0 Å². The molecule has 0 fully saturated rings. The third-order valence-electron chi connectivity index (χ3n) is 2.99. The number of rotatable bonds is 1. The van der Waals surface area contributed by atoms with Crippen LogP contribution in [0.15, 0.2) is 24.4 Å². The first kappa shape index (κ1) is 9.27. The molecule has 0 atom stereocenters. The Morgan fingerprint density at radius 1 is 1.44 bits per heavy atom. The van der Waals surface area contributed by atoms with E-state index in [0.717, 1.165) is 29.9 Å². The lowest BCUT2D eigenvalue weighted by molar-refractivity contribution is 0.357. The molecule has 16 heavy (non-hydrogen) atoms. The topological polar surface area (TPSA) is 53.1 Å². The number of nitrogen functional groups attached to an aromatic ring is 1. The van der Waals surface area contributed by atoms with Gasteiger partial charge >= 0.3 is 0 Å². The molecule has 0 spiro atoms. The predicted molar refractivity (Wildman–Crippen MR) is 62.3 cm³/mol. The Kier molecular flexibility index (Phi) is 1.89. The molecule has 4 nitrogen and oxygen atoms in total. The molecule has 0 amide bonds. The Morgan fingerprint density at radius 2 is 2.31 bits per heavy atom. The molecule has 0 unspecified atom stereocenters. The fourth-order valence-electron chi connectivity index (χ4n) is 2.00. The molecule has 2 heterocycles. The largest absolute Gasteiger partial charge is 0.493 e. The maximum Gasteiger partial charge on any atom is 0.129 e. The molecule has 1 aliphatic heterocycles. The Bertz CT molecular complexity index is 545. The highest BCUT2D eigenvalue weighted by Gasteiger charge is 2.14. The van der Waals surface area contributed by atoms with E-state index in [1.54, 1.807) is 10.9 Å². The van der Waals surface area contributed by atoms with Crippen LogP contribution in [0, 0.1) is 0 Å². The van der Waals surface area contributed by atoms with Crippen molar-refractivity contribution in [3.63, 3.8) is 0 Å². The van der Waals surface area contributed by atoms with Gasteiger partial charge in [-0.25, -0.2) is 0 Å². The monoisotopic (exact) mass is 215 g/mol. The number of ether oxygens (including phenoxy) is 1. The van der Waals surface area contributed by atoms with Gasteiger partial charge in [0.05, 0.1) is 12.8 Å². The van der Waals surface area contributed by atoms with Gasteiger partial charge in [-0.05, 0) is 17.2 Å². The molecule has 3 rings (SSSR count). The minimum atomic E-state index is 0.679. The Balaban J connectivity index is 2.10. The van der Waals surface area contributed by atoms with E-state index in [1.165, 1.54) is 5.56 Å². The second-order valence-corrected chi connectivity index (χ2v) is 3.99. The van der Waals surface area contributed by atoms with E-state index in [9.17, 15) is 0 Å². The van der Waals surface area contributed by atoms with Crippen LogP contribution in [0.1, 0.15) is 5.56 Å². The van der Waals surface area contributed by atoms with E-state index < -0.39 is 0 Å². The van der Waals surface area contributed by atoms with Gasteiger partial charge in [0.1, 0.15) is 11.6 Å². The summed E-state index contributed by atoms with van der Waals surface area (Å²) < 4.78 is 7.21. The number of hydrogen-bond donors (Lipinski definition) is 1. The van der Waals surface area contributed by atoms with Crippen LogP contribution in [0.2, 0.25) is 0 Å². The molecule has 0 saturated heterocycles. The molecule has 4 heteroatoms. The molecule has 0 bridgehead atoms. The van der Waals surface area contributed by atoms with Crippen molar-refractivity contribution in [1.82, 2.24) is 9.78 Å². The standard InChI is InChI=1S/C12H13N3O/c1-15-12(13)10(7-14-15)9-3-2-8-4-5-16-11(8)6-9/h2-3,6-7H,4-5,13H2,1H3. The molecule has 1 aromatic carbocycles. The van der Waals surface area contributed by atoms with Crippen molar-refractivity contribution in [2.24, 2.45) is 7.05 Å². The SMILES string of the molecule is Cn1ncc(-c2ccc3c(c2)OCC3)c1N. The first-order valence-electron chi connectivity index (χ1n) is 5.29. The second kappa shape index (κ2) is 3.27. The van der Waals surface area contributed by atoms with Crippen molar-refractivity contribution in [2.45, 2.75) is 6.42 Å². The van der Waals surface area contributed by atoms with Crippen molar-refractivity contribution in [2.75, 3.05) is 12.3 Å². The van der Waals surface area contributed by atoms with E-state index in [0.29, 0.717) is 5.82 Å². The minimum Gasteiger partial charge on any atom is -0.493 e. The summed E-state index contributed by atoms with van der Waals surface area (Å²) in [5.41, 5.74) is 9.23. The van der Waals surface area contributed by atoms with Crippen LogP contribution in [0.4, 0.5) is 5.82 Å². The van der Waals surface area contributed by atoms with Gasteiger partial charge < -0.3 is 10.5 Å². The fraction of sp³-hybridized carbons (Fsp3) is 0.250. The lowest BCUT2D eigenvalue weighted by Crippen LogP contribution is -1.98. The average molecular weight is 215 g/mol. The van der Waals surface area contributed by atoms with Crippen LogP contribution in [-0.2, 0) is 13.5 Å². The number of hydrogen-bond acceptors (Lipinski definition) is 3. The highest BCUT2D eigenvalue weighted by atomic mass is 16.5. The van der Waals surface area contributed by atoms with Crippen molar-refractivity contribution in [3.05, 3.63) is 30.0 Å². The zero-order chi connectivity index (χ0) is 11.1. The molecule has 82 valence electrons. The third-order valence-corrected chi connectivity index (χ3v) is 2.99. The summed E-state index contributed by atoms with van der Waals surface area (Å²) in [6.07, 6.45) is 2.78. The van der Waals surface area contributed by atoms with Gasteiger partial charge in [-0.2, -0.15) is 5.10 Å². The summed E-state index contributed by atoms with van der Waals surface area (Å²) in [6.45, 7) is 0.779. The van der Waals surface area contributed by atoms with Gasteiger partial charge in [-0.1, -0.05) is 12.1 Å². The lowest BCUT2D eigenvalue weighted by atomic mass is 10.1. The average Bonchev–Trinajstić information content (AvgIpc) is 2.86. The van der Waals surface area contributed by atoms with Crippen LogP contribution in [0.5, 0.6) is 5.75 Å². The molecular formula is C12H13N3O. The fourth-order valence-corrected chi connectivity index (χ4v) is 2.00. The molecule has 1 aliphatic rings. The number of anilines is 1. The molecule has 2 aromatic rings. The molecule has 0 aliphatic carbocycles. The zero-order valence-corrected chi connectivity index (χ0v) is 9.10. The summed E-state index contributed by atoms with van der Waals surface area (Å²) in [5, 5.41) is 4.14. The van der Waals surface area contributed by atoms with Gasteiger partial charge in [0.25, 0.3) is 0 Å². The summed E-state index contributed by atoms with van der Waals surface area (Å²) in [6, 6.07) is 6.21. The number of nitrogens with zero attached hydrogens (tertiary/aromatic N) is 2. The van der Waals surface area contributed by atoms with Gasteiger partial charge in [0.15, 0.2) is 0 Å². The summed E-state index contributed by atoms with van der Waals surface area (Å²) in [7, 11) is 1.84. The Morgan fingerprint density at radius 3 is 3.06 bits per heavy atom. The van der Waals surface area contributed by atoms with Crippen molar-refractivity contribution in [3.8, 4) is 16.9 Å². The summed E-state index contributed by atoms with van der Waals surface area (Å²) in [4.78, 5) is 0. The summed E-state index contributed by atoms with van der Waals surface area (Å²) in [5.74, 6) is 1.65. The smallest absolute Gasteiger partial charge is 0.129 e. The maximum atomic E-state index is 5.94. The maximum absolute atomic E-state index is 5.94. The lowest BCUT2D eigenvalue weighted by Gasteiger charge is -2.04. The Labute approximate surface area is 93.6 Å². The van der Waals surface area contributed by atoms with Crippen LogP contribution in [-0.4, -0.2) is 16.4 Å². The number of nitrogens with two attached hydrogens (primary N) is 1. The quantitative estimate of drug-likeness (QED) is 0.786. The Hall–Kier alpha value is -1.97. The van der Waals surface area contributed by atoms with Crippen molar-refractivity contribution in [1.29, 1.82) is 0 Å². The highest BCUT2D eigenvalue weighted by molar-refractivity contribution is 5.75. The molecule has 1 aromatic heterocycles. The molecule has 0 saturated carbocycles. The zero-order valence-electron chi connectivity index (χ0n) is 9.10. The predicted octanol–water partition coefficient (Wildman–Crippen LogP) is 1.60. The van der Waals surface area contributed by atoms with E-state index >= 15 is 0 Å². The van der Waals surface area contributed by atoms with Crippen LogP contribution >= 0.6 is 0 Å². The third kappa shape index (κ3) is 1.26. The van der Waals surface area contributed by atoms with Crippen molar-refractivity contribution >= 4 is 5.82 Å². The summed E-state index contributed by atoms with van der Waals surface area (Å²) >= 11 is 0. The van der Waals surface area contributed by atoms with E-state index in [2.05, 4.69) is 17.2 Å². The van der Waals surface area contributed by atoms with Crippen LogP contribution in [0.25, 0.3) is 11.1 Å². The molecular weight excluding hydrogens is 202 g/mol. The highest BCUT2D eigenvalue weighted by Crippen LogP contribution is 2.32. The van der Waals surface area contributed by atoms with Gasteiger partial charge in [0.2, 0.25) is 0 Å². The van der Waals surface area contributed by atoms with Crippen LogP contribution in [0.3, 0.4) is 0 Å². The number of aromatic nitrogens is 2. The number of aryl methyl sites for hydroxylation is 1. The normalized spacial score (nSPS) is 13.6. The van der Waals surface area contributed by atoms with E-state index in [4.69, 9.17) is 10.5 Å². The number of benzene rings is 1. The van der Waals surface area contributed by atoms with Crippen molar-refractivity contribution < 1.29 is 4.74 Å². The van der Waals surface area contributed by atoms with E-state index in [1.807, 2.05) is 13.1 Å². The first-order valence-corrected chi connectivity index (χ1v) is 5.29. The number of fused-ring (bicyclic) bond motifs is 1. The first-order chi connectivity index (χ1) is 7.75. The van der Waals surface area contributed by atoms with Crippen LogP contribution < -0.4 is 10.5 Å². The second-order valence-electron chi connectivity index (χ2n) is 3.99. The minimum absolute atomic E-state index is 0.679. The van der Waals surface area contributed by atoms with Gasteiger partial charge in [0, 0.05) is 19.0 Å². The molecule has 2 N–H and O–H groups in total.